The highest BCUT2D eigenvalue weighted by molar-refractivity contribution is 5.89. The minimum atomic E-state index is -0.167. The molecule has 0 aliphatic carbocycles. The number of piperidine rings is 1. The van der Waals surface area contributed by atoms with Gasteiger partial charge in [-0.2, -0.15) is 0 Å². The number of carbonyl (C=O) groups is 1. The maximum absolute atomic E-state index is 12.9. The van der Waals surface area contributed by atoms with E-state index in [2.05, 4.69) is 36.3 Å². The van der Waals surface area contributed by atoms with Crippen LogP contribution in [-0.2, 0) is 4.79 Å². The number of nitrogens with zero attached hydrogens (tertiary/aromatic N) is 1. The van der Waals surface area contributed by atoms with Crippen molar-refractivity contribution in [1.29, 1.82) is 0 Å². The van der Waals surface area contributed by atoms with Crippen LogP contribution in [0.4, 0.5) is 11.4 Å². The molecule has 1 aromatic rings. The van der Waals surface area contributed by atoms with Gasteiger partial charge >= 0.3 is 0 Å². The minimum absolute atomic E-state index is 0.167. The molecule has 21 heavy (non-hydrogen) atoms. The van der Waals surface area contributed by atoms with Crippen LogP contribution in [0.3, 0.4) is 0 Å². The van der Waals surface area contributed by atoms with E-state index in [-0.39, 0.29) is 11.9 Å². The van der Waals surface area contributed by atoms with Gasteiger partial charge in [0.15, 0.2) is 0 Å². The van der Waals surface area contributed by atoms with E-state index in [0.717, 1.165) is 17.9 Å². The Morgan fingerprint density at radius 3 is 2.67 bits per heavy atom. The number of amides is 1. The van der Waals surface area contributed by atoms with Crippen LogP contribution in [0, 0.1) is 11.8 Å². The largest absolute Gasteiger partial charge is 0.381 e. The summed E-state index contributed by atoms with van der Waals surface area (Å²) < 4.78 is 0. The number of para-hydroxylation sites is 2. The molecule has 2 aliphatic heterocycles. The Labute approximate surface area is 126 Å². The lowest BCUT2D eigenvalue weighted by Crippen LogP contribution is -2.55. The predicted octanol–water partition coefficient (Wildman–Crippen LogP) is 2.79. The van der Waals surface area contributed by atoms with Crippen LogP contribution < -0.4 is 10.6 Å². The van der Waals surface area contributed by atoms with Gasteiger partial charge in [-0.05, 0) is 37.3 Å². The Hall–Kier alpha value is -1.71. The normalized spacial score (nSPS) is 31.9. The number of hydrogen-bond acceptors (Lipinski definition) is 3. The number of nitrogens with one attached hydrogen (secondary N) is 2. The first-order valence-electron chi connectivity index (χ1n) is 7.96. The van der Waals surface area contributed by atoms with Crippen LogP contribution >= 0.6 is 0 Å². The zero-order chi connectivity index (χ0) is 15.0. The summed E-state index contributed by atoms with van der Waals surface area (Å²) in [5.74, 6) is 1.38. The van der Waals surface area contributed by atoms with Crippen molar-refractivity contribution in [2.45, 2.75) is 39.3 Å². The quantitative estimate of drug-likeness (QED) is 0.835. The SMILES string of the molecule is CC1CC(C)C(C)N(C(=O)C2CNc3ccccc3N2)C1. The summed E-state index contributed by atoms with van der Waals surface area (Å²) in [5.41, 5.74) is 2.10. The number of fused-ring (bicyclic) bond motifs is 1. The van der Waals surface area contributed by atoms with Crippen LogP contribution in [0.2, 0.25) is 0 Å². The molecule has 1 amide bonds. The van der Waals surface area contributed by atoms with Crippen LogP contribution in [0.25, 0.3) is 0 Å². The molecule has 4 unspecified atom stereocenters. The third-order valence-electron chi connectivity index (χ3n) is 4.93. The smallest absolute Gasteiger partial charge is 0.247 e. The molecule has 0 spiro atoms. The van der Waals surface area contributed by atoms with Crippen molar-refractivity contribution in [3.05, 3.63) is 24.3 Å². The Balaban J connectivity index is 1.74. The van der Waals surface area contributed by atoms with Crippen molar-refractivity contribution in [2.75, 3.05) is 23.7 Å². The average molecular weight is 287 g/mol. The lowest BCUT2D eigenvalue weighted by atomic mass is 9.85. The topological polar surface area (TPSA) is 44.4 Å². The molecule has 1 aromatic carbocycles. The molecule has 4 atom stereocenters. The second-order valence-corrected chi connectivity index (χ2v) is 6.67. The van der Waals surface area contributed by atoms with E-state index < -0.39 is 0 Å². The van der Waals surface area contributed by atoms with Crippen molar-refractivity contribution in [3.63, 3.8) is 0 Å². The van der Waals surface area contributed by atoms with Crippen molar-refractivity contribution in [3.8, 4) is 0 Å². The molecule has 0 aromatic heterocycles. The Kier molecular flexibility index (Phi) is 3.79. The van der Waals surface area contributed by atoms with E-state index in [0.29, 0.717) is 24.4 Å². The predicted molar refractivity (Wildman–Crippen MR) is 86.5 cm³/mol. The molecule has 2 heterocycles. The summed E-state index contributed by atoms with van der Waals surface area (Å²) >= 11 is 0. The van der Waals surface area contributed by atoms with Crippen molar-refractivity contribution < 1.29 is 4.79 Å². The number of likely N-dealkylation sites (tertiary alicyclic amines) is 1. The highest BCUT2D eigenvalue weighted by Crippen LogP contribution is 2.30. The molecule has 0 saturated carbocycles. The minimum Gasteiger partial charge on any atom is -0.381 e. The fourth-order valence-electron chi connectivity index (χ4n) is 3.57. The maximum atomic E-state index is 12.9. The van der Waals surface area contributed by atoms with Crippen LogP contribution in [0.15, 0.2) is 24.3 Å². The Morgan fingerprint density at radius 2 is 1.90 bits per heavy atom. The molecule has 4 heteroatoms. The summed E-state index contributed by atoms with van der Waals surface area (Å²) in [4.78, 5) is 15.0. The van der Waals surface area contributed by atoms with Crippen LogP contribution in [0.1, 0.15) is 27.2 Å². The van der Waals surface area contributed by atoms with Crippen molar-refractivity contribution in [1.82, 2.24) is 4.90 Å². The molecular formula is C17H25N3O. The first kappa shape index (κ1) is 14.2. The van der Waals surface area contributed by atoms with Crippen molar-refractivity contribution in [2.24, 2.45) is 11.8 Å². The van der Waals surface area contributed by atoms with E-state index in [1.165, 1.54) is 6.42 Å². The first-order valence-corrected chi connectivity index (χ1v) is 7.96. The molecule has 2 aliphatic rings. The summed E-state index contributed by atoms with van der Waals surface area (Å²) in [5, 5.41) is 6.75. The Bertz CT molecular complexity index is 531. The van der Waals surface area contributed by atoms with Gasteiger partial charge in [0, 0.05) is 19.1 Å². The van der Waals surface area contributed by atoms with Gasteiger partial charge in [0.1, 0.15) is 6.04 Å². The van der Waals surface area contributed by atoms with E-state index >= 15 is 0 Å². The molecular weight excluding hydrogens is 262 g/mol. The molecule has 2 N–H and O–H groups in total. The monoisotopic (exact) mass is 287 g/mol. The highest BCUT2D eigenvalue weighted by Gasteiger charge is 2.36. The van der Waals surface area contributed by atoms with Crippen LogP contribution in [-0.4, -0.2) is 36.0 Å². The molecule has 1 fully saturated rings. The molecule has 114 valence electrons. The molecule has 4 nitrogen and oxygen atoms in total. The summed E-state index contributed by atoms with van der Waals surface area (Å²) in [6, 6.07) is 8.22. The summed E-state index contributed by atoms with van der Waals surface area (Å²) in [6.45, 7) is 8.21. The fourth-order valence-corrected chi connectivity index (χ4v) is 3.57. The van der Waals surface area contributed by atoms with Gasteiger partial charge in [-0.3, -0.25) is 4.79 Å². The van der Waals surface area contributed by atoms with E-state index in [1.54, 1.807) is 0 Å². The van der Waals surface area contributed by atoms with Gasteiger partial charge in [-0.15, -0.1) is 0 Å². The molecule has 0 bridgehead atoms. The Morgan fingerprint density at radius 1 is 1.19 bits per heavy atom. The first-order chi connectivity index (χ1) is 10.1. The molecule has 3 rings (SSSR count). The zero-order valence-corrected chi connectivity index (χ0v) is 13.1. The lowest BCUT2D eigenvalue weighted by Gasteiger charge is -2.43. The molecule has 0 radical (unpaired) electrons. The van der Waals surface area contributed by atoms with E-state index in [9.17, 15) is 4.79 Å². The lowest BCUT2D eigenvalue weighted by molar-refractivity contribution is -0.137. The van der Waals surface area contributed by atoms with Gasteiger partial charge < -0.3 is 15.5 Å². The number of anilines is 2. The molecule has 1 saturated heterocycles. The van der Waals surface area contributed by atoms with Gasteiger partial charge in [-0.25, -0.2) is 0 Å². The summed E-state index contributed by atoms with van der Waals surface area (Å²) in [6.07, 6.45) is 1.21. The van der Waals surface area contributed by atoms with Gasteiger partial charge in [0.05, 0.1) is 11.4 Å². The number of benzene rings is 1. The van der Waals surface area contributed by atoms with Gasteiger partial charge in [0.2, 0.25) is 5.91 Å². The third-order valence-corrected chi connectivity index (χ3v) is 4.93. The number of rotatable bonds is 1. The standard InChI is InChI=1S/C17H25N3O/c1-11-8-12(2)13(3)20(10-11)17(21)16-9-18-14-6-4-5-7-15(14)19-16/h4-7,11-13,16,18-19H,8-10H2,1-3H3. The van der Waals surface area contributed by atoms with E-state index in [4.69, 9.17) is 0 Å². The van der Waals surface area contributed by atoms with Gasteiger partial charge in [0.25, 0.3) is 0 Å². The third kappa shape index (κ3) is 2.71. The van der Waals surface area contributed by atoms with Crippen molar-refractivity contribution >= 4 is 17.3 Å². The zero-order valence-electron chi connectivity index (χ0n) is 13.1. The number of hydrogen-bond donors (Lipinski definition) is 2. The van der Waals surface area contributed by atoms with Gasteiger partial charge in [-0.1, -0.05) is 26.0 Å². The second-order valence-electron chi connectivity index (χ2n) is 6.67. The fraction of sp³-hybridized carbons (Fsp3) is 0.588. The number of carbonyl (C=O) groups excluding carboxylic acids is 1. The summed E-state index contributed by atoms with van der Waals surface area (Å²) in [7, 11) is 0. The van der Waals surface area contributed by atoms with E-state index in [1.807, 2.05) is 24.3 Å². The average Bonchev–Trinajstić information content (AvgIpc) is 2.49. The highest BCUT2D eigenvalue weighted by atomic mass is 16.2. The van der Waals surface area contributed by atoms with Crippen LogP contribution in [0.5, 0.6) is 0 Å². The second kappa shape index (κ2) is 5.58. The maximum Gasteiger partial charge on any atom is 0.247 e.